The molecule has 0 radical (unpaired) electrons. The quantitative estimate of drug-likeness (QED) is 0.255. The maximum atomic E-state index is 15.8. The molecule has 2 aliphatic heterocycles. The number of halogens is 3. The van der Waals surface area contributed by atoms with Gasteiger partial charge in [-0.05, 0) is 85.2 Å². The highest BCUT2D eigenvalue weighted by molar-refractivity contribution is 6.31. The minimum atomic E-state index is -0.636. The lowest BCUT2D eigenvalue weighted by molar-refractivity contribution is -0.0911. The molecule has 4 aromatic rings. The number of hydrogen-bond donors (Lipinski definition) is 0. The van der Waals surface area contributed by atoms with Crippen LogP contribution in [0.5, 0.6) is 0 Å². The average molecular weight is 602 g/mol. The molecule has 9 heteroatoms. The van der Waals surface area contributed by atoms with E-state index in [4.69, 9.17) is 16.3 Å². The molecule has 1 amide bonds. The van der Waals surface area contributed by atoms with Gasteiger partial charge in [-0.3, -0.25) is 19.1 Å². The van der Waals surface area contributed by atoms with Crippen molar-refractivity contribution in [3.05, 3.63) is 116 Å². The van der Waals surface area contributed by atoms with E-state index in [2.05, 4.69) is 4.98 Å². The number of aryl methyl sites for hydroxylation is 2. The lowest BCUT2D eigenvalue weighted by Gasteiger charge is -2.46. The minimum Gasteiger partial charge on any atom is -0.381 e. The van der Waals surface area contributed by atoms with Gasteiger partial charge >= 0.3 is 0 Å². The van der Waals surface area contributed by atoms with Crippen molar-refractivity contribution in [3.63, 3.8) is 0 Å². The van der Waals surface area contributed by atoms with Crippen LogP contribution in [0.3, 0.4) is 0 Å². The van der Waals surface area contributed by atoms with Crippen LogP contribution >= 0.6 is 11.6 Å². The summed E-state index contributed by atoms with van der Waals surface area (Å²) in [7, 11) is 0. The van der Waals surface area contributed by atoms with E-state index in [1.165, 1.54) is 22.8 Å². The average Bonchev–Trinajstić information content (AvgIpc) is 3.73. The van der Waals surface area contributed by atoms with E-state index in [1.807, 2.05) is 19.9 Å². The molecule has 43 heavy (non-hydrogen) atoms. The molecule has 1 saturated carbocycles. The highest BCUT2D eigenvalue weighted by Gasteiger charge is 2.42. The predicted molar refractivity (Wildman–Crippen MR) is 160 cm³/mol. The summed E-state index contributed by atoms with van der Waals surface area (Å²) in [5.74, 6) is -0.128. The van der Waals surface area contributed by atoms with Gasteiger partial charge in [0.15, 0.2) is 0 Å². The molecule has 2 atom stereocenters. The first-order valence-electron chi connectivity index (χ1n) is 14.5. The fourth-order valence-electron chi connectivity index (χ4n) is 6.39. The zero-order chi connectivity index (χ0) is 30.0. The summed E-state index contributed by atoms with van der Waals surface area (Å²) in [6.07, 6.45) is 2.42. The van der Waals surface area contributed by atoms with E-state index in [9.17, 15) is 14.0 Å². The summed E-state index contributed by atoms with van der Waals surface area (Å²) in [5, 5.41) is 0.137. The number of rotatable bonds is 6. The third-order valence-electron chi connectivity index (χ3n) is 9.20. The van der Waals surface area contributed by atoms with Gasteiger partial charge in [0.2, 0.25) is 0 Å². The van der Waals surface area contributed by atoms with E-state index >= 15 is 4.39 Å². The SMILES string of the molecule is Cc1cnc(-c2cccc(C(=O)N3CC(C4COC4)C3)c2F)cc1-n1c(C)cc([C@H]2C[C@@H]2c2ccc(F)cc2)c(Cl)c1=O. The molecule has 0 N–H and O–H groups in total. The van der Waals surface area contributed by atoms with Crippen molar-refractivity contribution in [1.29, 1.82) is 0 Å². The highest BCUT2D eigenvalue weighted by Crippen LogP contribution is 2.55. The third-order valence-corrected chi connectivity index (χ3v) is 9.58. The Balaban J connectivity index is 1.18. The molecule has 3 fully saturated rings. The minimum absolute atomic E-state index is 0.00521. The van der Waals surface area contributed by atoms with Gasteiger partial charge < -0.3 is 9.64 Å². The van der Waals surface area contributed by atoms with Crippen LogP contribution in [0.25, 0.3) is 16.9 Å². The molecular formula is C34H30ClF2N3O3. The Bertz CT molecular complexity index is 1810. The van der Waals surface area contributed by atoms with E-state index in [-0.39, 0.29) is 45.3 Å². The summed E-state index contributed by atoms with van der Waals surface area (Å²) >= 11 is 6.70. The monoisotopic (exact) mass is 601 g/mol. The molecule has 2 aromatic heterocycles. The van der Waals surface area contributed by atoms with Crippen LogP contribution in [0.2, 0.25) is 5.02 Å². The van der Waals surface area contributed by atoms with Crippen LogP contribution in [0.4, 0.5) is 8.78 Å². The van der Waals surface area contributed by atoms with Crippen molar-refractivity contribution in [2.45, 2.75) is 32.1 Å². The third kappa shape index (κ3) is 4.86. The molecular weight excluding hydrogens is 572 g/mol. The first-order chi connectivity index (χ1) is 20.7. The second-order valence-electron chi connectivity index (χ2n) is 12.0. The number of benzene rings is 2. The Labute approximate surface area is 252 Å². The van der Waals surface area contributed by atoms with Crippen molar-refractivity contribution >= 4 is 17.5 Å². The van der Waals surface area contributed by atoms with Crippen LogP contribution in [0.1, 0.15) is 51.0 Å². The van der Waals surface area contributed by atoms with E-state index in [1.54, 1.807) is 41.4 Å². The molecule has 3 aliphatic rings. The maximum absolute atomic E-state index is 15.8. The Hall–Kier alpha value is -3.88. The van der Waals surface area contributed by atoms with Crippen molar-refractivity contribution < 1.29 is 18.3 Å². The predicted octanol–water partition coefficient (Wildman–Crippen LogP) is 6.44. The van der Waals surface area contributed by atoms with Crippen molar-refractivity contribution in [2.24, 2.45) is 11.8 Å². The van der Waals surface area contributed by atoms with Crippen molar-refractivity contribution in [3.8, 4) is 16.9 Å². The second-order valence-corrected chi connectivity index (χ2v) is 12.4. The summed E-state index contributed by atoms with van der Waals surface area (Å²) in [6.45, 7) is 6.33. The second kappa shape index (κ2) is 10.7. The number of ether oxygens (including phenoxy) is 1. The molecule has 1 aliphatic carbocycles. The van der Waals surface area contributed by atoms with Crippen LogP contribution in [-0.2, 0) is 4.74 Å². The number of nitrogens with zero attached hydrogens (tertiary/aromatic N) is 3. The van der Waals surface area contributed by atoms with E-state index in [0.717, 1.165) is 30.8 Å². The largest absolute Gasteiger partial charge is 0.381 e. The van der Waals surface area contributed by atoms with Gasteiger partial charge in [0.05, 0.1) is 30.2 Å². The lowest BCUT2D eigenvalue weighted by atomic mass is 9.84. The summed E-state index contributed by atoms with van der Waals surface area (Å²) < 4.78 is 36.0. The molecule has 2 aromatic carbocycles. The normalized spacial score (nSPS) is 20.1. The molecule has 4 heterocycles. The molecule has 220 valence electrons. The topological polar surface area (TPSA) is 64.4 Å². The number of carbonyl (C=O) groups is 1. The van der Waals surface area contributed by atoms with Crippen LogP contribution in [-0.4, -0.2) is 46.7 Å². The van der Waals surface area contributed by atoms with Gasteiger partial charge in [0, 0.05) is 42.4 Å². The number of carbonyl (C=O) groups excluding carboxylic acids is 1. The van der Waals surface area contributed by atoms with Gasteiger partial charge in [0.25, 0.3) is 11.5 Å². The van der Waals surface area contributed by atoms with Gasteiger partial charge in [-0.2, -0.15) is 0 Å². The summed E-state index contributed by atoms with van der Waals surface area (Å²) in [5.41, 5.74) is 3.87. The first kappa shape index (κ1) is 27.9. The van der Waals surface area contributed by atoms with E-state index < -0.39 is 5.82 Å². The van der Waals surface area contributed by atoms with Crippen LogP contribution < -0.4 is 5.56 Å². The van der Waals surface area contributed by atoms with Gasteiger partial charge in [-0.15, -0.1) is 0 Å². The molecule has 0 bridgehead atoms. The van der Waals surface area contributed by atoms with E-state index in [0.29, 0.717) is 47.6 Å². The summed E-state index contributed by atoms with van der Waals surface area (Å²) in [4.78, 5) is 33.0. The molecule has 0 spiro atoms. The van der Waals surface area contributed by atoms with Crippen LogP contribution in [0.15, 0.2) is 65.6 Å². The number of hydrogen-bond acceptors (Lipinski definition) is 4. The fraction of sp³-hybridized carbons (Fsp3) is 0.324. The summed E-state index contributed by atoms with van der Waals surface area (Å²) in [6, 6.07) is 14.8. The zero-order valence-electron chi connectivity index (χ0n) is 23.8. The highest BCUT2D eigenvalue weighted by atomic mass is 35.5. The van der Waals surface area contributed by atoms with Gasteiger partial charge in [0.1, 0.15) is 16.7 Å². The smallest absolute Gasteiger partial charge is 0.274 e. The molecule has 2 saturated heterocycles. The Morgan fingerprint density at radius 2 is 1.74 bits per heavy atom. The number of pyridine rings is 2. The van der Waals surface area contributed by atoms with Gasteiger partial charge in [-0.1, -0.05) is 29.8 Å². The van der Waals surface area contributed by atoms with Crippen LogP contribution in [0, 0.1) is 37.3 Å². The Morgan fingerprint density at radius 1 is 1.00 bits per heavy atom. The number of aromatic nitrogens is 2. The van der Waals surface area contributed by atoms with Crippen molar-refractivity contribution in [2.75, 3.05) is 26.3 Å². The maximum Gasteiger partial charge on any atom is 0.274 e. The number of likely N-dealkylation sites (tertiary alicyclic amines) is 1. The van der Waals surface area contributed by atoms with Crippen molar-refractivity contribution in [1.82, 2.24) is 14.5 Å². The van der Waals surface area contributed by atoms with Gasteiger partial charge in [-0.25, -0.2) is 8.78 Å². The molecule has 0 unspecified atom stereocenters. The molecule has 6 nitrogen and oxygen atoms in total. The Morgan fingerprint density at radius 3 is 2.44 bits per heavy atom. The zero-order valence-corrected chi connectivity index (χ0v) is 24.6. The Kier molecular flexibility index (Phi) is 6.94. The lowest BCUT2D eigenvalue weighted by Crippen LogP contribution is -2.56. The standard InChI is InChI=1S/C34H30ClF2N3O3/c1-18-13-38-29(24-4-3-5-25(32(24)37)33(41)39-14-21(15-39)22-16-43-17-22)12-30(18)40-19(2)10-28(31(35)34(40)42)27-11-26(27)20-6-8-23(36)9-7-20/h3-10,12-13,21-22,26-27H,11,14-17H2,1-2H3/t26-,27+/m1/s1. The first-order valence-corrected chi connectivity index (χ1v) is 14.9. The number of amides is 1. The molecule has 7 rings (SSSR count). The fourth-order valence-corrected chi connectivity index (χ4v) is 6.67.